The molecule has 2 amide bonds. The second-order valence-corrected chi connectivity index (χ2v) is 5.65. The van der Waals surface area contributed by atoms with E-state index in [2.05, 4.69) is 28.7 Å². The quantitative estimate of drug-likeness (QED) is 0.845. The lowest BCUT2D eigenvalue weighted by Gasteiger charge is -2.14. The molecule has 1 aromatic carbocycles. The van der Waals surface area contributed by atoms with Gasteiger partial charge in [0, 0.05) is 38.8 Å². The van der Waals surface area contributed by atoms with E-state index in [1.54, 1.807) is 14.1 Å². The number of carbonyl (C=O) groups is 1. The highest BCUT2D eigenvalue weighted by molar-refractivity contribution is 5.80. The van der Waals surface area contributed by atoms with Gasteiger partial charge in [0.2, 0.25) is 0 Å². The molecule has 0 fully saturated rings. The first kappa shape index (κ1) is 15.2. The standard InChI is InChI=1S/C15H23N5O/c1-10(2)14-18-12-9-11(16)5-6-13(12)20(14)8-7-17-15(21)19(3)4/h5-6,9-10H,7-8,16H2,1-4H3,(H,17,21). The molecular formula is C15H23N5O. The lowest BCUT2D eigenvalue weighted by Crippen LogP contribution is -2.36. The summed E-state index contributed by atoms with van der Waals surface area (Å²) in [5, 5.41) is 2.88. The zero-order valence-electron chi connectivity index (χ0n) is 13.1. The van der Waals surface area contributed by atoms with Crippen LogP contribution in [0.2, 0.25) is 0 Å². The van der Waals surface area contributed by atoms with Gasteiger partial charge in [0.15, 0.2) is 0 Å². The van der Waals surface area contributed by atoms with Crippen LogP contribution in [0.1, 0.15) is 25.6 Å². The molecule has 21 heavy (non-hydrogen) atoms. The van der Waals surface area contributed by atoms with Gasteiger partial charge in [-0.2, -0.15) is 0 Å². The largest absolute Gasteiger partial charge is 0.399 e. The number of urea groups is 1. The van der Waals surface area contributed by atoms with Crippen LogP contribution < -0.4 is 11.1 Å². The number of nitrogen functional groups attached to an aromatic ring is 1. The second-order valence-electron chi connectivity index (χ2n) is 5.65. The van der Waals surface area contributed by atoms with Crippen LogP contribution in [-0.4, -0.2) is 41.1 Å². The summed E-state index contributed by atoms with van der Waals surface area (Å²) in [6, 6.07) is 5.66. The Kier molecular flexibility index (Phi) is 4.35. The van der Waals surface area contributed by atoms with E-state index in [9.17, 15) is 4.79 Å². The normalized spacial score (nSPS) is 11.1. The van der Waals surface area contributed by atoms with Gasteiger partial charge in [0.05, 0.1) is 11.0 Å². The van der Waals surface area contributed by atoms with Crippen LogP contribution >= 0.6 is 0 Å². The van der Waals surface area contributed by atoms with Crippen molar-refractivity contribution < 1.29 is 4.79 Å². The topological polar surface area (TPSA) is 76.2 Å². The lowest BCUT2D eigenvalue weighted by atomic mass is 10.2. The van der Waals surface area contributed by atoms with E-state index in [-0.39, 0.29) is 6.03 Å². The summed E-state index contributed by atoms with van der Waals surface area (Å²) in [6.07, 6.45) is 0. The van der Waals surface area contributed by atoms with Gasteiger partial charge in [-0.15, -0.1) is 0 Å². The minimum Gasteiger partial charge on any atom is -0.399 e. The number of amides is 2. The molecule has 0 saturated carbocycles. The molecule has 1 aromatic heterocycles. The fraction of sp³-hybridized carbons (Fsp3) is 0.467. The maximum absolute atomic E-state index is 11.6. The van der Waals surface area contributed by atoms with Crippen molar-refractivity contribution in [1.29, 1.82) is 0 Å². The fourth-order valence-corrected chi connectivity index (χ4v) is 2.27. The Hall–Kier alpha value is -2.24. The summed E-state index contributed by atoms with van der Waals surface area (Å²) in [4.78, 5) is 17.8. The van der Waals surface area contributed by atoms with Gasteiger partial charge in [-0.3, -0.25) is 0 Å². The van der Waals surface area contributed by atoms with E-state index < -0.39 is 0 Å². The molecule has 0 aliphatic rings. The maximum Gasteiger partial charge on any atom is 0.316 e. The predicted molar refractivity (Wildman–Crippen MR) is 85.3 cm³/mol. The van der Waals surface area contributed by atoms with Crippen LogP contribution in [0.5, 0.6) is 0 Å². The van der Waals surface area contributed by atoms with Crippen molar-refractivity contribution in [1.82, 2.24) is 19.8 Å². The number of aromatic nitrogens is 2. The third-order valence-electron chi connectivity index (χ3n) is 3.34. The summed E-state index contributed by atoms with van der Waals surface area (Å²) in [5.41, 5.74) is 8.48. The Labute approximate surface area is 124 Å². The highest BCUT2D eigenvalue weighted by Crippen LogP contribution is 2.23. The van der Waals surface area contributed by atoms with Crippen molar-refractivity contribution in [3.8, 4) is 0 Å². The van der Waals surface area contributed by atoms with Crippen LogP contribution in [0.15, 0.2) is 18.2 Å². The number of carbonyl (C=O) groups excluding carboxylic acids is 1. The van der Waals surface area contributed by atoms with Crippen molar-refractivity contribution in [3.05, 3.63) is 24.0 Å². The number of hydrogen-bond donors (Lipinski definition) is 2. The predicted octanol–water partition coefficient (Wildman–Crippen LogP) is 2.01. The second kappa shape index (κ2) is 6.03. The molecule has 0 aliphatic carbocycles. The average Bonchev–Trinajstić information content (AvgIpc) is 2.76. The molecule has 3 N–H and O–H groups in total. The minimum absolute atomic E-state index is 0.0882. The van der Waals surface area contributed by atoms with Crippen molar-refractivity contribution >= 4 is 22.8 Å². The van der Waals surface area contributed by atoms with Crippen LogP contribution in [0, 0.1) is 0 Å². The van der Waals surface area contributed by atoms with Crippen LogP contribution in [0.25, 0.3) is 11.0 Å². The molecule has 6 nitrogen and oxygen atoms in total. The Morgan fingerprint density at radius 2 is 2.14 bits per heavy atom. The van der Waals surface area contributed by atoms with Gasteiger partial charge in [-0.1, -0.05) is 13.8 Å². The summed E-state index contributed by atoms with van der Waals surface area (Å²) >= 11 is 0. The third kappa shape index (κ3) is 3.26. The summed E-state index contributed by atoms with van der Waals surface area (Å²) in [5.74, 6) is 1.32. The van der Waals surface area contributed by atoms with Crippen molar-refractivity contribution in [3.63, 3.8) is 0 Å². The van der Waals surface area contributed by atoms with Gasteiger partial charge in [0.1, 0.15) is 5.82 Å². The van der Waals surface area contributed by atoms with E-state index in [0.29, 0.717) is 24.7 Å². The number of imidazole rings is 1. The van der Waals surface area contributed by atoms with Gasteiger partial charge >= 0.3 is 6.03 Å². The molecule has 1 heterocycles. The molecule has 0 atom stereocenters. The van der Waals surface area contributed by atoms with Gasteiger partial charge < -0.3 is 20.5 Å². The van der Waals surface area contributed by atoms with Crippen molar-refractivity contribution in [2.24, 2.45) is 0 Å². The van der Waals surface area contributed by atoms with Crippen molar-refractivity contribution in [2.45, 2.75) is 26.3 Å². The Bertz CT molecular complexity index is 645. The number of rotatable bonds is 4. The molecule has 0 radical (unpaired) electrons. The number of nitrogens with two attached hydrogens (primary N) is 1. The minimum atomic E-state index is -0.0882. The average molecular weight is 289 g/mol. The zero-order valence-corrected chi connectivity index (χ0v) is 13.1. The van der Waals surface area contributed by atoms with E-state index in [1.807, 2.05) is 18.2 Å². The molecule has 0 unspecified atom stereocenters. The van der Waals surface area contributed by atoms with Crippen molar-refractivity contribution in [2.75, 3.05) is 26.4 Å². The summed E-state index contributed by atoms with van der Waals surface area (Å²) in [6.45, 7) is 5.47. The number of benzene rings is 1. The van der Waals surface area contributed by atoms with E-state index in [4.69, 9.17) is 5.73 Å². The maximum atomic E-state index is 11.6. The van der Waals surface area contributed by atoms with Gasteiger partial charge in [-0.25, -0.2) is 9.78 Å². The van der Waals surface area contributed by atoms with E-state index in [1.165, 1.54) is 4.90 Å². The third-order valence-corrected chi connectivity index (χ3v) is 3.34. The molecule has 6 heteroatoms. The Morgan fingerprint density at radius 3 is 2.76 bits per heavy atom. The molecule has 114 valence electrons. The summed E-state index contributed by atoms with van der Waals surface area (Å²) < 4.78 is 2.15. The highest BCUT2D eigenvalue weighted by Gasteiger charge is 2.14. The first-order chi connectivity index (χ1) is 9.90. The fourth-order valence-electron chi connectivity index (χ4n) is 2.27. The molecule has 0 aliphatic heterocycles. The smallest absolute Gasteiger partial charge is 0.316 e. The van der Waals surface area contributed by atoms with Gasteiger partial charge in [-0.05, 0) is 18.2 Å². The number of hydrogen-bond acceptors (Lipinski definition) is 3. The van der Waals surface area contributed by atoms with Crippen LogP contribution in [0.4, 0.5) is 10.5 Å². The van der Waals surface area contributed by atoms with E-state index in [0.717, 1.165) is 16.9 Å². The Balaban J connectivity index is 2.24. The molecule has 2 rings (SSSR count). The molecular weight excluding hydrogens is 266 g/mol. The monoisotopic (exact) mass is 289 g/mol. The molecule has 0 saturated heterocycles. The molecule has 0 spiro atoms. The number of fused-ring (bicyclic) bond motifs is 1. The van der Waals surface area contributed by atoms with Crippen LogP contribution in [0.3, 0.4) is 0 Å². The zero-order chi connectivity index (χ0) is 15.6. The van der Waals surface area contributed by atoms with E-state index >= 15 is 0 Å². The first-order valence-electron chi connectivity index (χ1n) is 7.11. The molecule has 2 aromatic rings. The lowest BCUT2D eigenvalue weighted by molar-refractivity contribution is 0.217. The molecule has 0 bridgehead atoms. The highest BCUT2D eigenvalue weighted by atomic mass is 16.2. The first-order valence-corrected chi connectivity index (χ1v) is 7.11. The Morgan fingerprint density at radius 1 is 1.43 bits per heavy atom. The number of nitrogens with zero attached hydrogens (tertiary/aromatic N) is 3. The summed E-state index contributed by atoms with van der Waals surface area (Å²) in [7, 11) is 3.45. The van der Waals surface area contributed by atoms with Crippen LogP contribution in [-0.2, 0) is 6.54 Å². The number of nitrogens with one attached hydrogen (secondary N) is 1. The van der Waals surface area contributed by atoms with Gasteiger partial charge in [0.25, 0.3) is 0 Å². The SMILES string of the molecule is CC(C)c1nc2cc(N)ccc2n1CCNC(=O)N(C)C. The number of anilines is 1.